The van der Waals surface area contributed by atoms with Gasteiger partial charge in [-0.3, -0.25) is 4.90 Å². The molecule has 0 aliphatic heterocycles. The van der Waals surface area contributed by atoms with Crippen molar-refractivity contribution in [1.82, 2.24) is 4.90 Å². The van der Waals surface area contributed by atoms with Crippen molar-refractivity contribution in [2.45, 2.75) is 11.0 Å². The minimum Gasteiger partial charge on any atom is -1.00 e. The quantitative estimate of drug-likeness (QED) is 0.280. The molecule has 1 nitrogen and oxygen atoms in total. The average molecular weight is 225 g/mol. The van der Waals surface area contributed by atoms with Crippen LogP contribution in [0.2, 0.25) is 0 Å². The molecule has 3 heteroatoms. The molecule has 1 atom stereocenters. The molecule has 0 rings (SSSR count). The number of halogens is 1. The molecule has 0 saturated carbocycles. The number of hydrogen-bond donors (Lipinski definition) is 0. The molecule has 0 N–H and O–H groups in total. The van der Waals surface area contributed by atoms with Crippen molar-refractivity contribution in [3.8, 4) is 0 Å². The predicted molar refractivity (Wildman–Crippen MR) is 45.1 cm³/mol. The zero-order chi connectivity index (χ0) is 5.15. The summed E-state index contributed by atoms with van der Waals surface area (Å²) in [7, 11) is 4.13. The Morgan fingerprint density at radius 3 is 1.71 bits per heavy atom. The molecule has 0 aliphatic rings. The Bertz CT molecular complexity index is 39.5. The van der Waals surface area contributed by atoms with Gasteiger partial charge in [0.2, 0.25) is 0 Å². The molecule has 0 aromatic carbocycles. The molecule has 0 saturated heterocycles. The van der Waals surface area contributed by atoms with E-state index in [1.54, 1.807) is 0 Å². The fourth-order valence-corrected chi connectivity index (χ4v) is 0. The first-order valence-electron chi connectivity index (χ1n) is 1.95. The van der Waals surface area contributed by atoms with Crippen molar-refractivity contribution >= 4 is 45.6 Å². The van der Waals surface area contributed by atoms with Crippen LogP contribution in [-0.4, -0.2) is 46.1 Å². The van der Waals surface area contributed by atoms with Crippen molar-refractivity contribution < 1.29 is 2.85 Å². The summed E-state index contributed by atoms with van der Waals surface area (Å²) < 4.78 is 0.655. The average Bonchev–Trinajstić information content (AvgIpc) is 1.36. The largest absolute Gasteiger partial charge is 2.00 e. The van der Waals surface area contributed by atoms with Crippen molar-refractivity contribution in [3.63, 3.8) is 0 Å². The molecule has 0 spiro atoms. The smallest absolute Gasteiger partial charge is 1.00 e. The summed E-state index contributed by atoms with van der Waals surface area (Å²) in [5.41, 5.74) is 0. The third kappa shape index (κ3) is 7.46. The SMILES string of the molecule is CC(I)N(C)C.[H-].[H-].[Mg+2]. The van der Waals surface area contributed by atoms with Crippen LogP contribution in [0, 0.1) is 0 Å². The second-order valence-electron chi connectivity index (χ2n) is 1.54. The Balaban J connectivity index is -0.0000000417. The number of rotatable bonds is 1. The first-order valence-corrected chi connectivity index (χ1v) is 3.19. The number of nitrogens with zero attached hydrogens (tertiary/aromatic N) is 1. The fraction of sp³-hybridized carbons (Fsp3) is 1.00. The van der Waals surface area contributed by atoms with E-state index < -0.39 is 0 Å². The zero-order valence-electron chi connectivity index (χ0n) is 7.11. The van der Waals surface area contributed by atoms with E-state index in [9.17, 15) is 0 Å². The molecular weight excluding hydrogens is 213 g/mol. The summed E-state index contributed by atoms with van der Waals surface area (Å²) in [6.45, 7) is 2.15. The molecule has 0 aliphatic carbocycles. The molecule has 7 heavy (non-hydrogen) atoms. The molecule has 0 amide bonds. The van der Waals surface area contributed by atoms with Crippen molar-refractivity contribution in [2.24, 2.45) is 0 Å². The van der Waals surface area contributed by atoms with Crippen LogP contribution in [0.3, 0.4) is 0 Å². The van der Waals surface area contributed by atoms with Gasteiger partial charge >= 0.3 is 23.1 Å². The normalized spacial score (nSPS) is 13.3. The van der Waals surface area contributed by atoms with E-state index in [0.717, 1.165) is 0 Å². The van der Waals surface area contributed by atoms with Gasteiger partial charge in [0.15, 0.2) is 0 Å². The van der Waals surface area contributed by atoms with Crippen LogP contribution < -0.4 is 0 Å². The molecule has 0 aromatic rings. The second kappa shape index (κ2) is 5.59. The van der Waals surface area contributed by atoms with Crippen LogP contribution >= 0.6 is 22.6 Å². The van der Waals surface area contributed by atoms with Gasteiger partial charge in [-0.05, 0) is 21.0 Å². The zero-order valence-corrected chi connectivity index (χ0v) is 8.68. The molecule has 42 valence electrons. The van der Waals surface area contributed by atoms with Crippen molar-refractivity contribution in [1.29, 1.82) is 0 Å². The molecule has 1 unspecified atom stereocenters. The van der Waals surface area contributed by atoms with E-state index in [2.05, 4.69) is 48.5 Å². The van der Waals surface area contributed by atoms with E-state index in [4.69, 9.17) is 0 Å². The second-order valence-corrected chi connectivity index (χ2v) is 3.34. The van der Waals surface area contributed by atoms with Gasteiger partial charge in [0.1, 0.15) is 0 Å². The van der Waals surface area contributed by atoms with Gasteiger partial charge in [-0.25, -0.2) is 0 Å². The summed E-state index contributed by atoms with van der Waals surface area (Å²) in [5, 5.41) is 0. The Morgan fingerprint density at radius 1 is 1.57 bits per heavy atom. The summed E-state index contributed by atoms with van der Waals surface area (Å²) in [5.74, 6) is 0. The summed E-state index contributed by atoms with van der Waals surface area (Å²) in [4.78, 5) is 2.15. The molecule has 0 bridgehead atoms. The molecule has 0 radical (unpaired) electrons. The summed E-state index contributed by atoms with van der Waals surface area (Å²) in [6.07, 6.45) is 0. The molecular formula is C4H12IMgN. The maximum absolute atomic E-state index is 2.36. The van der Waals surface area contributed by atoms with E-state index >= 15 is 0 Å². The van der Waals surface area contributed by atoms with E-state index in [-0.39, 0.29) is 25.9 Å². The van der Waals surface area contributed by atoms with Gasteiger partial charge in [0.05, 0.1) is 4.05 Å². The van der Waals surface area contributed by atoms with Crippen LogP contribution in [-0.2, 0) is 0 Å². The standard InChI is InChI=1S/C4H10IN.Mg.2H/c1-4(5)6(2)3;;;/h4H,1-3H3;;;/q;+2;2*-1. The van der Waals surface area contributed by atoms with Crippen LogP contribution in [0.25, 0.3) is 0 Å². The van der Waals surface area contributed by atoms with Gasteiger partial charge in [-0.15, -0.1) is 0 Å². The Morgan fingerprint density at radius 2 is 1.71 bits per heavy atom. The van der Waals surface area contributed by atoms with Gasteiger partial charge in [0.25, 0.3) is 0 Å². The topological polar surface area (TPSA) is 3.24 Å². The molecule has 0 heterocycles. The van der Waals surface area contributed by atoms with Gasteiger partial charge in [-0.2, -0.15) is 0 Å². The van der Waals surface area contributed by atoms with Crippen molar-refractivity contribution in [3.05, 3.63) is 0 Å². The van der Waals surface area contributed by atoms with E-state index in [1.807, 2.05) is 0 Å². The van der Waals surface area contributed by atoms with E-state index in [1.165, 1.54) is 0 Å². The summed E-state index contributed by atoms with van der Waals surface area (Å²) in [6, 6.07) is 0. The third-order valence-electron chi connectivity index (χ3n) is 0.712. The minimum absolute atomic E-state index is 0. The number of hydrogen-bond acceptors (Lipinski definition) is 1. The minimum atomic E-state index is 0. The predicted octanol–water partition coefficient (Wildman–Crippen LogP) is 1.17. The van der Waals surface area contributed by atoms with Crippen LogP contribution in [0.1, 0.15) is 9.78 Å². The summed E-state index contributed by atoms with van der Waals surface area (Å²) >= 11 is 2.36. The van der Waals surface area contributed by atoms with Crippen LogP contribution in [0.15, 0.2) is 0 Å². The molecule has 0 aromatic heterocycles. The third-order valence-corrected chi connectivity index (χ3v) is 1.83. The molecule has 0 fully saturated rings. The van der Waals surface area contributed by atoms with Crippen LogP contribution in [0.5, 0.6) is 0 Å². The van der Waals surface area contributed by atoms with Gasteiger partial charge in [-0.1, -0.05) is 22.6 Å². The maximum atomic E-state index is 2.36. The van der Waals surface area contributed by atoms with Crippen LogP contribution in [0.4, 0.5) is 0 Å². The maximum Gasteiger partial charge on any atom is 2.00 e. The Labute approximate surface area is 78.1 Å². The van der Waals surface area contributed by atoms with Gasteiger partial charge < -0.3 is 2.85 Å². The van der Waals surface area contributed by atoms with E-state index in [0.29, 0.717) is 4.05 Å². The first-order chi connectivity index (χ1) is 2.64. The Kier molecular flexibility index (Phi) is 9.01. The fourth-order valence-electron chi connectivity index (χ4n) is 0. The van der Waals surface area contributed by atoms with Gasteiger partial charge in [0, 0.05) is 0 Å². The number of alkyl halides is 1. The Hall–Kier alpha value is 1.46. The first kappa shape index (κ1) is 11.3. The van der Waals surface area contributed by atoms with Crippen molar-refractivity contribution in [2.75, 3.05) is 14.1 Å². The monoisotopic (exact) mass is 225 g/mol.